The van der Waals surface area contributed by atoms with Crippen LogP contribution in [0, 0.1) is 6.92 Å². The van der Waals surface area contributed by atoms with Crippen molar-refractivity contribution < 1.29 is 14.3 Å². The maximum absolute atomic E-state index is 12.7. The molecule has 1 heterocycles. The molecule has 0 bridgehead atoms. The molecule has 160 valence electrons. The van der Waals surface area contributed by atoms with Gasteiger partial charge in [0.25, 0.3) is 0 Å². The number of nitrogens with zero attached hydrogens (tertiary/aromatic N) is 1. The molecule has 30 heavy (non-hydrogen) atoms. The van der Waals surface area contributed by atoms with Crippen molar-refractivity contribution in [2.75, 3.05) is 31.2 Å². The minimum Gasteiger partial charge on any atom is -0.378 e. The highest BCUT2D eigenvalue weighted by atomic mass is 16.5. The van der Waals surface area contributed by atoms with Crippen molar-refractivity contribution in [2.45, 2.75) is 39.3 Å². The number of carbonyl (C=O) groups excluding carboxylic acids is 2. The first-order valence-corrected chi connectivity index (χ1v) is 10.5. The van der Waals surface area contributed by atoms with E-state index in [-0.39, 0.29) is 30.3 Å². The number of amides is 2. The topological polar surface area (TPSA) is 70.7 Å². The summed E-state index contributed by atoms with van der Waals surface area (Å²) in [5.74, 6) is -0.251. The third-order valence-electron chi connectivity index (χ3n) is 5.39. The second-order valence-electron chi connectivity index (χ2n) is 7.85. The van der Waals surface area contributed by atoms with Gasteiger partial charge in [-0.2, -0.15) is 0 Å². The van der Waals surface area contributed by atoms with Gasteiger partial charge < -0.3 is 20.3 Å². The number of ether oxygens (including phenoxy) is 1. The summed E-state index contributed by atoms with van der Waals surface area (Å²) in [6, 6.07) is 15.7. The van der Waals surface area contributed by atoms with Crippen molar-refractivity contribution in [3.8, 4) is 0 Å². The van der Waals surface area contributed by atoms with Crippen molar-refractivity contribution in [1.82, 2.24) is 10.6 Å². The van der Waals surface area contributed by atoms with Crippen LogP contribution < -0.4 is 15.5 Å². The molecule has 0 aromatic heterocycles. The Morgan fingerprint density at radius 3 is 2.17 bits per heavy atom. The Balaban J connectivity index is 1.60. The summed E-state index contributed by atoms with van der Waals surface area (Å²) in [6.07, 6.45) is 0.193. The Hall–Kier alpha value is -2.86. The summed E-state index contributed by atoms with van der Waals surface area (Å²) in [5, 5.41) is 5.94. The third kappa shape index (κ3) is 6.07. The SMILES string of the molecule is CC(=O)NC(CC(=O)NC(C)c1ccc(N2CCOCC2)cc1)c1ccc(C)cc1. The lowest BCUT2D eigenvalue weighted by Crippen LogP contribution is -2.36. The molecule has 2 unspecified atom stereocenters. The Bertz CT molecular complexity index is 843. The summed E-state index contributed by atoms with van der Waals surface area (Å²) in [7, 11) is 0. The van der Waals surface area contributed by atoms with E-state index in [1.807, 2.05) is 38.1 Å². The number of rotatable bonds is 7. The molecule has 1 fully saturated rings. The van der Waals surface area contributed by atoms with E-state index < -0.39 is 0 Å². The van der Waals surface area contributed by atoms with Gasteiger partial charge in [0, 0.05) is 25.7 Å². The average molecular weight is 410 g/mol. The molecular formula is C24H31N3O3. The first kappa shape index (κ1) is 21.8. The minimum atomic E-state index is -0.348. The molecule has 0 radical (unpaired) electrons. The number of aryl methyl sites for hydroxylation is 1. The minimum absolute atomic E-state index is 0.0981. The lowest BCUT2D eigenvalue weighted by Gasteiger charge is -2.29. The molecule has 1 aliphatic heterocycles. The fourth-order valence-corrected chi connectivity index (χ4v) is 3.66. The molecule has 2 aromatic carbocycles. The summed E-state index contributed by atoms with van der Waals surface area (Å²) in [4.78, 5) is 26.6. The zero-order chi connectivity index (χ0) is 21.5. The average Bonchev–Trinajstić information content (AvgIpc) is 2.74. The number of carbonyl (C=O) groups is 2. The molecule has 6 heteroatoms. The molecular weight excluding hydrogens is 378 g/mol. The molecule has 0 aliphatic carbocycles. The van der Waals surface area contributed by atoms with E-state index in [9.17, 15) is 9.59 Å². The van der Waals surface area contributed by atoms with Crippen molar-refractivity contribution in [3.05, 3.63) is 65.2 Å². The van der Waals surface area contributed by atoms with Crippen LogP contribution in [0.15, 0.2) is 48.5 Å². The van der Waals surface area contributed by atoms with Crippen LogP contribution >= 0.6 is 0 Å². The van der Waals surface area contributed by atoms with Crippen LogP contribution in [0.2, 0.25) is 0 Å². The van der Waals surface area contributed by atoms with Crippen LogP contribution in [0.4, 0.5) is 5.69 Å². The summed E-state index contributed by atoms with van der Waals surface area (Å²) in [5.41, 5.74) is 4.28. The van der Waals surface area contributed by atoms with E-state index in [0.717, 1.165) is 43.0 Å². The van der Waals surface area contributed by atoms with Crippen LogP contribution in [0.1, 0.15) is 49.0 Å². The molecule has 1 aliphatic rings. The van der Waals surface area contributed by atoms with Gasteiger partial charge in [-0.1, -0.05) is 42.0 Å². The molecule has 2 N–H and O–H groups in total. The molecule has 0 saturated carbocycles. The fraction of sp³-hybridized carbons (Fsp3) is 0.417. The van der Waals surface area contributed by atoms with Crippen LogP contribution in [0.3, 0.4) is 0 Å². The lowest BCUT2D eigenvalue weighted by molar-refractivity contribution is -0.123. The number of hydrogen-bond donors (Lipinski definition) is 2. The van der Waals surface area contributed by atoms with E-state index in [1.165, 1.54) is 12.6 Å². The second-order valence-corrected chi connectivity index (χ2v) is 7.85. The van der Waals surface area contributed by atoms with Crippen molar-refractivity contribution in [3.63, 3.8) is 0 Å². The smallest absolute Gasteiger partial charge is 0.222 e. The molecule has 2 aromatic rings. The quantitative estimate of drug-likeness (QED) is 0.736. The Labute approximate surface area is 178 Å². The third-order valence-corrected chi connectivity index (χ3v) is 5.39. The fourth-order valence-electron chi connectivity index (χ4n) is 3.66. The van der Waals surface area contributed by atoms with Crippen molar-refractivity contribution in [1.29, 1.82) is 0 Å². The molecule has 6 nitrogen and oxygen atoms in total. The standard InChI is InChI=1S/C24H31N3O3/c1-17-4-6-21(7-5-17)23(26-19(3)28)16-24(29)25-18(2)20-8-10-22(11-9-20)27-12-14-30-15-13-27/h4-11,18,23H,12-16H2,1-3H3,(H,25,29)(H,26,28). The van der Waals surface area contributed by atoms with Gasteiger partial charge in [0.2, 0.25) is 11.8 Å². The second kappa shape index (κ2) is 10.3. The van der Waals surface area contributed by atoms with Gasteiger partial charge in [0.05, 0.1) is 31.7 Å². The number of morpholine rings is 1. The Morgan fingerprint density at radius 1 is 0.967 bits per heavy atom. The van der Waals surface area contributed by atoms with Crippen LogP contribution in [0.5, 0.6) is 0 Å². The Kier molecular flexibility index (Phi) is 7.46. The first-order chi connectivity index (χ1) is 14.4. The van der Waals surface area contributed by atoms with E-state index in [1.54, 1.807) is 0 Å². The molecule has 2 amide bonds. The van der Waals surface area contributed by atoms with E-state index >= 15 is 0 Å². The summed E-state index contributed by atoms with van der Waals surface area (Å²) < 4.78 is 5.40. The highest BCUT2D eigenvalue weighted by Gasteiger charge is 2.19. The predicted octanol–water partition coefficient (Wildman–Crippen LogP) is 3.28. The lowest BCUT2D eigenvalue weighted by atomic mass is 10.0. The zero-order valence-corrected chi connectivity index (χ0v) is 18.0. The number of anilines is 1. The summed E-state index contributed by atoms with van der Waals surface area (Å²) >= 11 is 0. The summed E-state index contributed by atoms with van der Waals surface area (Å²) in [6.45, 7) is 8.76. The number of benzene rings is 2. The van der Waals surface area contributed by atoms with Gasteiger partial charge >= 0.3 is 0 Å². The zero-order valence-electron chi connectivity index (χ0n) is 18.0. The largest absolute Gasteiger partial charge is 0.378 e. The monoisotopic (exact) mass is 409 g/mol. The molecule has 3 rings (SSSR count). The van der Waals surface area contributed by atoms with Crippen molar-refractivity contribution in [2.24, 2.45) is 0 Å². The molecule has 2 atom stereocenters. The molecule has 0 spiro atoms. The van der Waals surface area contributed by atoms with Gasteiger partial charge in [-0.3, -0.25) is 9.59 Å². The van der Waals surface area contributed by atoms with Crippen LogP contribution in [0.25, 0.3) is 0 Å². The van der Waals surface area contributed by atoms with E-state index in [4.69, 9.17) is 4.74 Å². The van der Waals surface area contributed by atoms with Gasteiger partial charge in [-0.05, 0) is 37.1 Å². The maximum Gasteiger partial charge on any atom is 0.222 e. The van der Waals surface area contributed by atoms with Gasteiger partial charge in [0.15, 0.2) is 0 Å². The van der Waals surface area contributed by atoms with Gasteiger partial charge in [-0.25, -0.2) is 0 Å². The number of nitrogens with one attached hydrogen (secondary N) is 2. The van der Waals surface area contributed by atoms with Crippen molar-refractivity contribution >= 4 is 17.5 Å². The normalized spacial score (nSPS) is 15.9. The Morgan fingerprint density at radius 2 is 1.57 bits per heavy atom. The molecule has 1 saturated heterocycles. The van der Waals surface area contributed by atoms with Gasteiger partial charge in [0.1, 0.15) is 0 Å². The highest BCUT2D eigenvalue weighted by Crippen LogP contribution is 2.22. The predicted molar refractivity (Wildman–Crippen MR) is 118 cm³/mol. The highest BCUT2D eigenvalue weighted by molar-refractivity contribution is 5.79. The van der Waals surface area contributed by atoms with E-state index in [0.29, 0.717) is 0 Å². The van der Waals surface area contributed by atoms with Crippen LogP contribution in [-0.4, -0.2) is 38.1 Å². The van der Waals surface area contributed by atoms with E-state index in [2.05, 4.69) is 39.8 Å². The van der Waals surface area contributed by atoms with Gasteiger partial charge in [-0.15, -0.1) is 0 Å². The van der Waals surface area contributed by atoms with Crippen LogP contribution in [-0.2, 0) is 14.3 Å². The first-order valence-electron chi connectivity index (χ1n) is 10.5. The number of hydrogen-bond acceptors (Lipinski definition) is 4. The maximum atomic E-state index is 12.7.